The lowest BCUT2D eigenvalue weighted by atomic mass is 10.2. The van der Waals surface area contributed by atoms with Gasteiger partial charge < -0.3 is 5.73 Å². The smallest absolute Gasteiger partial charge is 0.318 e. The number of nitrogens with zero attached hydrogens (tertiary/aromatic N) is 4. The van der Waals surface area contributed by atoms with E-state index in [2.05, 4.69) is 15.5 Å². The minimum absolute atomic E-state index is 0.116. The van der Waals surface area contributed by atoms with Crippen molar-refractivity contribution >= 4 is 40.4 Å². The van der Waals surface area contributed by atoms with E-state index in [1.807, 2.05) is 19.1 Å². The zero-order chi connectivity index (χ0) is 19.6. The number of fused-ring (bicyclic) bond motifs is 3. The molecule has 142 valence electrons. The molecule has 9 nitrogen and oxygen atoms in total. The molecule has 1 aromatic carbocycles. The summed E-state index contributed by atoms with van der Waals surface area (Å²) in [6.07, 6.45) is 1.77. The monoisotopic (exact) mass is 388 g/mol. The average Bonchev–Trinajstić information content (AvgIpc) is 3.04. The first-order valence-electron chi connectivity index (χ1n) is 8.57. The molecule has 10 heteroatoms. The van der Waals surface area contributed by atoms with Gasteiger partial charge in [0.1, 0.15) is 0 Å². The number of thioether (sulfide) groups is 1. The van der Waals surface area contributed by atoms with Gasteiger partial charge in [0.25, 0.3) is 5.56 Å². The summed E-state index contributed by atoms with van der Waals surface area (Å²) < 4.78 is 3.38. The number of imide groups is 1. The predicted octanol–water partition coefficient (Wildman–Crippen LogP) is 1.52. The Balaban J connectivity index is 2.13. The third-order valence-corrected chi connectivity index (χ3v) is 5.15. The second-order valence-electron chi connectivity index (χ2n) is 6.06. The van der Waals surface area contributed by atoms with Crippen molar-refractivity contribution in [2.75, 3.05) is 0 Å². The van der Waals surface area contributed by atoms with E-state index in [1.54, 1.807) is 28.0 Å². The average molecular weight is 388 g/mol. The Bertz CT molecular complexity index is 1070. The summed E-state index contributed by atoms with van der Waals surface area (Å²) in [5.41, 5.74) is 5.55. The fourth-order valence-corrected chi connectivity index (χ4v) is 3.62. The Morgan fingerprint density at radius 1 is 1.30 bits per heavy atom. The van der Waals surface area contributed by atoms with E-state index < -0.39 is 17.2 Å². The number of urea groups is 1. The SMILES string of the molecule is CCCCn1c(=O)c2ccccc2n2c(S[C@H](C)C(=O)NC(N)=O)nnc12. The van der Waals surface area contributed by atoms with Crippen molar-refractivity contribution in [1.82, 2.24) is 24.5 Å². The van der Waals surface area contributed by atoms with Gasteiger partial charge in [-0.15, -0.1) is 10.2 Å². The highest BCUT2D eigenvalue weighted by atomic mass is 32.2. The number of carbonyl (C=O) groups is 2. The van der Waals surface area contributed by atoms with Crippen LogP contribution in [0.5, 0.6) is 0 Å². The van der Waals surface area contributed by atoms with Gasteiger partial charge in [-0.1, -0.05) is 37.2 Å². The Morgan fingerprint density at radius 3 is 2.74 bits per heavy atom. The molecule has 0 aliphatic carbocycles. The number of benzene rings is 1. The van der Waals surface area contributed by atoms with Crippen LogP contribution in [0.2, 0.25) is 0 Å². The summed E-state index contributed by atoms with van der Waals surface area (Å²) in [5, 5.41) is 10.8. The second-order valence-corrected chi connectivity index (χ2v) is 7.37. The van der Waals surface area contributed by atoms with E-state index in [1.165, 1.54) is 0 Å². The van der Waals surface area contributed by atoms with E-state index in [-0.39, 0.29) is 5.56 Å². The Kier molecular flexibility index (Phi) is 5.45. The fourth-order valence-electron chi connectivity index (χ4n) is 2.76. The topological polar surface area (TPSA) is 124 Å². The van der Waals surface area contributed by atoms with Crippen molar-refractivity contribution in [3.8, 4) is 0 Å². The number of nitrogens with two attached hydrogens (primary N) is 1. The summed E-state index contributed by atoms with van der Waals surface area (Å²) >= 11 is 1.14. The van der Waals surface area contributed by atoms with Gasteiger partial charge in [-0.3, -0.25) is 23.9 Å². The first-order valence-corrected chi connectivity index (χ1v) is 9.45. The third-order valence-electron chi connectivity index (χ3n) is 4.11. The molecule has 3 amide bonds. The van der Waals surface area contributed by atoms with Gasteiger partial charge in [0, 0.05) is 6.54 Å². The quantitative estimate of drug-likeness (QED) is 0.617. The fraction of sp³-hybridized carbons (Fsp3) is 0.353. The van der Waals surface area contributed by atoms with Gasteiger partial charge in [0.15, 0.2) is 5.16 Å². The first kappa shape index (κ1) is 18.9. The number of aromatic nitrogens is 4. The molecule has 0 aliphatic rings. The first-order chi connectivity index (χ1) is 12.9. The van der Waals surface area contributed by atoms with E-state index in [4.69, 9.17) is 5.73 Å². The zero-order valence-corrected chi connectivity index (χ0v) is 15.8. The molecular formula is C17H20N6O3S. The zero-order valence-electron chi connectivity index (χ0n) is 15.0. The number of carbonyl (C=O) groups excluding carboxylic acids is 2. The number of primary amides is 1. The molecule has 0 fully saturated rings. The largest absolute Gasteiger partial charge is 0.351 e. The number of aryl methyl sites for hydroxylation is 1. The van der Waals surface area contributed by atoms with Crippen LogP contribution in [0, 0.1) is 0 Å². The molecule has 0 saturated carbocycles. The lowest BCUT2D eigenvalue weighted by molar-refractivity contribution is -0.119. The van der Waals surface area contributed by atoms with Crippen LogP contribution in [0.25, 0.3) is 16.7 Å². The molecule has 0 bridgehead atoms. The van der Waals surface area contributed by atoms with Gasteiger partial charge >= 0.3 is 6.03 Å². The van der Waals surface area contributed by atoms with E-state index in [0.29, 0.717) is 28.4 Å². The van der Waals surface area contributed by atoms with Crippen LogP contribution in [-0.2, 0) is 11.3 Å². The van der Waals surface area contributed by atoms with Crippen LogP contribution < -0.4 is 16.6 Å². The second kappa shape index (κ2) is 7.78. The molecule has 0 unspecified atom stereocenters. The van der Waals surface area contributed by atoms with Crippen molar-refractivity contribution in [3.05, 3.63) is 34.6 Å². The minimum atomic E-state index is -0.905. The molecule has 3 N–H and O–H groups in total. The van der Waals surface area contributed by atoms with E-state index >= 15 is 0 Å². The lowest BCUT2D eigenvalue weighted by Crippen LogP contribution is -2.39. The maximum atomic E-state index is 12.9. The summed E-state index contributed by atoms with van der Waals surface area (Å²) in [7, 11) is 0. The summed E-state index contributed by atoms with van der Waals surface area (Å²) in [6, 6.07) is 6.30. The van der Waals surface area contributed by atoms with Crippen LogP contribution in [0.15, 0.2) is 34.2 Å². The molecule has 2 heterocycles. The molecule has 0 saturated heterocycles. The number of amides is 3. The van der Waals surface area contributed by atoms with Crippen LogP contribution in [0.3, 0.4) is 0 Å². The normalized spacial score (nSPS) is 12.4. The maximum absolute atomic E-state index is 12.9. The Labute approximate surface area is 158 Å². The van der Waals surface area contributed by atoms with Crippen molar-refractivity contribution in [2.45, 2.75) is 43.6 Å². The highest BCUT2D eigenvalue weighted by Gasteiger charge is 2.22. The van der Waals surface area contributed by atoms with Gasteiger partial charge in [0.05, 0.1) is 16.2 Å². The Morgan fingerprint density at radius 2 is 2.04 bits per heavy atom. The third kappa shape index (κ3) is 3.65. The maximum Gasteiger partial charge on any atom is 0.318 e. The number of nitrogens with one attached hydrogen (secondary N) is 1. The van der Waals surface area contributed by atoms with E-state index in [9.17, 15) is 14.4 Å². The number of rotatable bonds is 6. The van der Waals surface area contributed by atoms with Crippen molar-refractivity contribution < 1.29 is 9.59 Å². The van der Waals surface area contributed by atoms with Gasteiger partial charge in [-0.25, -0.2) is 4.79 Å². The number of para-hydroxylation sites is 1. The van der Waals surface area contributed by atoms with Crippen LogP contribution in [0.4, 0.5) is 4.79 Å². The highest BCUT2D eigenvalue weighted by molar-refractivity contribution is 8.00. The highest BCUT2D eigenvalue weighted by Crippen LogP contribution is 2.25. The summed E-state index contributed by atoms with van der Waals surface area (Å²) in [4.78, 5) is 35.8. The molecule has 0 spiro atoms. The van der Waals surface area contributed by atoms with Crippen molar-refractivity contribution in [2.24, 2.45) is 5.73 Å². The molecule has 3 rings (SSSR count). The van der Waals surface area contributed by atoms with Crippen molar-refractivity contribution in [3.63, 3.8) is 0 Å². The number of hydrogen-bond donors (Lipinski definition) is 2. The van der Waals surface area contributed by atoms with Crippen molar-refractivity contribution in [1.29, 1.82) is 0 Å². The molecule has 27 heavy (non-hydrogen) atoms. The van der Waals surface area contributed by atoms with Gasteiger partial charge in [-0.2, -0.15) is 0 Å². The predicted molar refractivity (Wildman–Crippen MR) is 103 cm³/mol. The van der Waals surface area contributed by atoms with Crippen LogP contribution >= 0.6 is 11.8 Å². The molecule has 3 aromatic rings. The van der Waals surface area contributed by atoms with Crippen LogP contribution in [-0.4, -0.2) is 36.4 Å². The minimum Gasteiger partial charge on any atom is -0.351 e. The molecule has 0 radical (unpaired) electrons. The standard InChI is InChI=1S/C17H20N6O3S/c1-3-4-9-22-14(25)11-7-5-6-8-12(11)23-16(22)20-21-17(23)27-10(2)13(24)19-15(18)26/h5-8,10H,3-4,9H2,1-2H3,(H3,18,19,24,26)/t10-/m1/s1. The lowest BCUT2D eigenvalue weighted by Gasteiger charge is -2.12. The molecule has 0 aliphatic heterocycles. The molecule has 1 atom stereocenters. The van der Waals surface area contributed by atoms with Crippen LogP contribution in [0.1, 0.15) is 26.7 Å². The summed E-state index contributed by atoms with van der Waals surface area (Å²) in [5.74, 6) is -0.0926. The molecule has 2 aromatic heterocycles. The Hall–Kier alpha value is -2.88. The van der Waals surface area contributed by atoms with Gasteiger partial charge in [-0.05, 0) is 25.5 Å². The van der Waals surface area contributed by atoms with Gasteiger partial charge in [0.2, 0.25) is 11.7 Å². The number of hydrogen-bond acceptors (Lipinski definition) is 6. The van der Waals surface area contributed by atoms with E-state index in [0.717, 1.165) is 24.6 Å². The summed E-state index contributed by atoms with van der Waals surface area (Å²) in [6.45, 7) is 4.22. The molecular weight excluding hydrogens is 368 g/mol. The number of unbranched alkanes of at least 4 members (excludes halogenated alkanes) is 1.